The Labute approximate surface area is 223 Å². The number of carbonyl (C=O) groups excluding carboxylic acids is 3. The van der Waals surface area contributed by atoms with Crippen molar-refractivity contribution in [2.24, 2.45) is 0 Å². The Morgan fingerprint density at radius 1 is 1.27 bits per heavy atom. The number of piperidine rings is 1. The molecule has 1 saturated heterocycles. The van der Waals surface area contributed by atoms with E-state index in [1.807, 2.05) is 39.8 Å². The first-order valence-electron chi connectivity index (χ1n) is 12.1. The number of pyridine rings is 1. The number of nitrogens with zero attached hydrogens (tertiary/aromatic N) is 3. The predicted octanol–water partition coefficient (Wildman–Crippen LogP) is 6.07. The van der Waals surface area contributed by atoms with E-state index in [0.29, 0.717) is 50.3 Å². The van der Waals surface area contributed by atoms with Gasteiger partial charge in [-0.25, -0.2) is 14.6 Å². The maximum absolute atomic E-state index is 13.4. The minimum absolute atomic E-state index is 0.232. The van der Waals surface area contributed by atoms with Gasteiger partial charge >= 0.3 is 12.1 Å². The quantitative estimate of drug-likeness (QED) is 0.419. The van der Waals surface area contributed by atoms with E-state index < -0.39 is 5.60 Å². The molecule has 0 spiro atoms. The van der Waals surface area contributed by atoms with Crippen molar-refractivity contribution in [3.63, 3.8) is 0 Å². The zero-order valence-electron chi connectivity index (χ0n) is 21.1. The minimum Gasteiger partial charge on any atom is -0.444 e. The van der Waals surface area contributed by atoms with Crippen molar-refractivity contribution >= 4 is 68.2 Å². The Hall–Kier alpha value is -3.37. The van der Waals surface area contributed by atoms with Crippen LogP contribution in [-0.4, -0.2) is 52.6 Å². The number of aryl methyl sites for hydroxylation is 1. The molecule has 37 heavy (non-hydrogen) atoms. The number of ether oxygens (including phenoxy) is 1. The van der Waals surface area contributed by atoms with Crippen LogP contribution in [-0.2, 0) is 4.74 Å². The van der Waals surface area contributed by atoms with E-state index in [2.05, 4.69) is 15.6 Å². The average molecular weight is 542 g/mol. The van der Waals surface area contributed by atoms with Gasteiger partial charge in [-0.3, -0.25) is 9.69 Å². The highest BCUT2D eigenvalue weighted by Crippen LogP contribution is 2.46. The summed E-state index contributed by atoms with van der Waals surface area (Å²) in [6.45, 7) is 8.31. The molecule has 1 atom stereocenters. The molecule has 2 aliphatic rings. The van der Waals surface area contributed by atoms with Gasteiger partial charge in [0.15, 0.2) is 0 Å². The zero-order chi connectivity index (χ0) is 26.5. The summed E-state index contributed by atoms with van der Waals surface area (Å²) in [5.74, 6) is -0.313. The molecule has 4 heterocycles. The number of aromatic nitrogens is 1. The van der Waals surface area contributed by atoms with Crippen molar-refractivity contribution < 1.29 is 19.1 Å². The summed E-state index contributed by atoms with van der Waals surface area (Å²) in [6, 6.07) is 6.57. The SMILES string of the molecule is Cc1ccc(N2C(=O)Nc3c(C(=O)NC4CCCN(C(=O)OC(C)(C)C)C4)sc4nccc2c34)cc1Cl. The van der Waals surface area contributed by atoms with Crippen LogP contribution < -0.4 is 15.5 Å². The maximum Gasteiger partial charge on any atom is 0.410 e. The Morgan fingerprint density at radius 2 is 2.05 bits per heavy atom. The summed E-state index contributed by atoms with van der Waals surface area (Å²) in [5, 5.41) is 7.20. The van der Waals surface area contributed by atoms with E-state index in [0.717, 1.165) is 18.4 Å². The number of likely N-dealkylation sites (tertiary alicyclic amines) is 1. The topological polar surface area (TPSA) is 104 Å². The summed E-state index contributed by atoms with van der Waals surface area (Å²) in [6.07, 6.45) is 2.73. The van der Waals surface area contributed by atoms with Gasteiger partial charge in [0.25, 0.3) is 5.91 Å². The number of urea groups is 1. The fourth-order valence-electron chi connectivity index (χ4n) is 4.56. The normalized spacial score (nSPS) is 17.5. The first-order valence-corrected chi connectivity index (χ1v) is 13.3. The van der Waals surface area contributed by atoms with Gasteiger partial charge in [0, 0.05) is 30.4 Å². The average Bonchev–Trinajstić information content (AvgIpc) is 3.20. The molecular formula is C26H28ClN5O4S. The molecule has 0 bridgehead atoms. The highest BCUT2D eigenvalue weighted by atomic mass is 35.5. The highest BCUT2D eigenvalue weighted by molar-refractivity contribution is 7.21. The van der Waals surface area contributed by atoms with Gasteiger partial charge in [-0.2, -0.15) is 0 Å². The number of halogens is 1. The van der Waals surface area contributed by atoms with Crippen LogP contribution in [0.25, 0.3) is 10.2 Å². The molecule has 194 valence electrons. The first kappa shape index (κ1) is 25.3. The number of hydrogen-bond donors (Lipinski definition) is 2. The molecule has 1 fully saturated rings. The van der Waals surface area contributed by atoms with Crippen LogP contribution in [0.15, 0.2) is 30.5 Å². The largest absolute Gasteiger partial charge is 0.444 e. The third-order valence-electron chi connectivity index (χ3n) is 6.27. The maximum atomic E-state index is 13.4. The standard InChI is InChI=1S/C26H28ClN5O4S/c1-14-7-8-16(12-17(14)27)32-18-9-10-28-23-19(18)20(30-24(32)34)21(37-23)22(33)29-15-6-5-11-31(13-15)25(35)36-26(2,3)4/h7-10,12,15H,5-6,11,13H2,1-4H3,(H,29,33)(H,30,34). The number of nitrogens with one attached hydrogen (secondary N) is 2. The molecule has 5 rings (SSSR count). The van der Waals surface area contributed by atoms with E-state index in [-0.39, 0.29) is 24.1 Å². The second-order valence-corrected chi connectivity index (χ2v) is 11.7. The molecule has 0 radical (unpaired) electrons. The van der Waals surface area contributed by atoms with Crippen molar-refractivity contribution in [2.45, 2.75) is 52.2 Å². The number of hydrogen-bond acceptors (Lipinski definition) is 6. The second-order valence-electron chi connectivity index (χ2n) is 10.3. The smallest absolute Gasteiger partial charge is 0.410 e. The Kier molecular flexibility index (Phi) is 6.49. The minimum atomic E-state index is -0.590. The van der Waals surface area contributed by atoms with Gasteiger partial charge in [0.1, 0.15) is 15.3 Å². The molecule has 9 nitrogen and oxygen atoms in total. The lowest BCUT2D eigenvalue weighted by Crippen LogP contribution is -2.50. The summed E-state index contributed by atoms with van der Waals surface area (Å²) in [5.41, 5.74) is 2.01. The van der Waals surface area contributed by atoms with Crippen molar-refractivity contribution in [2.75, 3.05) is 23.3 Å². The van der Waals surface area contributed by atoms with Crippen LogP contribution in [0, 0.1) is 6.92 Å². The van der Waals surface area contributed by atoms with Gasteiger partial charge in [0.05, 0.1) is 22.4 Å². The lowest BCUT2D eigenvalue weighted by atomic mass is 10.1. The summed E-state index contributed by atoms with van der Waals surface area (Å²) >= 11 is 7.55. The van der Waals surface area contributed by atoms with Crippen molar-refractivity contribution in [3.05, 3.63) is 45.9 Å². The van der Waals surface area contributed by atoms with E-state index in [9.17, 15) is 14.4 Å². The van der Waals surface area contributed by atoms with Crippen LogP contribution in [0.2, 0.25) is 5.02 Å². The number of thiophene rings is 1. The molecule has 0 aliphatic carbocycles. The van der Waals surface area contributed by atoms with Crippen LogP contribution >= 0.6 is 22.9 Å². The predicted molar refractivity (Wildman–Crippen MR) is 145 cm³/mol. The Balaban J connectivity index is 1.41. The summed E-state index contributed by atoms with van der Waals surface area (Å²) < 4.78 is 5.49. The number of carbonyl (C=O) groups is 3. The third kappa shape index (κ3) is 4.95. The fourth-order valence-corrected chi connectivity index (χ4v) is 5.76. The third-order valence-corrected chi connectivity index (χ3v) is 7.78. The van der Waals surface area contributed by atoms with E-state index in [4.69, 9.17) is 16.3 Å². The van der Waals surface area contributed by atoms with Crippen LogP contribution in [0.5, 0.6) is 0 Å². The summed E-state index contributed by atoms with van der Waals surface area (Å²) in [7, 11) is 0. The number of rotatable bonds is 3. The van der Waals surface area contributed by atoms with Crippen LogP contribution in [0.1, 0.15) is 48.8 Å². The molecule has 11 heteroatoms. The fraction of sp³-hybridized carbons (Fsp3) is 0.385. The molecule has 2 aromatic heterocycles. The number of amides is 4. The molecule has 0 saturated carbocycles. The monoisotopic (exact) mass is 541 g/mol. The lowest BCUT2D eigenvalue weighted by Gasteiger charge is -2.34. The van der Waals surface area contributed by atoms with E-state index in [1.165, 1.54) is 16.2 Å². The zero-order valence-corrected chi connectivity index (χ0v) is 22.6. The van der Waals surface area contributed by atoms with Gasteiger partial charge in [-0.15, -0.1) is 11.3 Å². The van der Waals surface area contributed by atoms with Crippen molar-refractivity contribution in [3.8, 4) is 0 Å². The van der Waals surface area contributed by atoms with Gasteiger partial charge in [-0.1, -0.05) is 17.7 Å². The van der Waals surface area contributed by atoms with Crippen molar-refractivity contribution in [1.82, 2.24) is 15.2 Å². The molecular weight excluding hydrogens is 514 g/mol. The molecule has 2 aliphatic heterocycles. The Morgan fingerprint density at radius 3 is 2.78 bits per heavy atom. The van der Waals surface area contributed by atoms with Gasteiger partial charge in [-0.05, 0) is 64.3 Å². The Bertz CT molecular complexity index is 1420. The molecule has 1 unspecified atom stereocenters. The molecule has 1 aromatic carbocycles. The highest BCUT2D eigenvalue weighted by Gasteiger charge is 2.34. The van der Waals surface area contributed by atoms with Crippen LogP contribution in [0.4, 0.5) is 26.7 Å². The van der Waals surface area contributed by atoms with Gasteiger partial charge < -0.3 is 20.3 Å². The second kappa shape index (κ2) is 9.50. The molecule has 4 amide bonds. The molecule has 2 N–H and O–H groups in total. The molecule has 3 aromatic rings. The lowest BCUT2D eigenvalue weighted by molar-refractivity contribution is 0.0185. The summed E-state index contributed by atoms with van der Waals surface area (Å²) in [4.78, 5) is 47.8. The van der Waals surface area contributed by atoms with Gasteiger partial charge in [0.2, 0.25) is 0 Å². The van der Waals surface area contributed by atoms with E-state index in [1.54, 1.807) is 23.2 Å². The van der Waals surface area contributed by atoms with Crippen LogP contribution in [0.3, 0.4) is 0 Å². The van der Waals surface area contributed by atoms with E-state index >= 15 is 0 Å². The first-order chi connectivity index (χ1) is 17.5. The number of benzene rings is 1. The number of anilines is 3. The van der Waals surface area contributed by atoms with Crippen molar-refractivity contribution in [1.29, 1.82) is 0 Å².